The zero-order valence-corrected chi connectivity index (χ0v) is 15.4. The summed E-state index contributed by atoms with van der Waals surface area (Å²) in [7, 11) is 1.38. The molecule has 0 aliphatic carbocycles. The minimum Gasteiger partial charge on any atom is -0.467 e. The average molecular weight is 425 g/mol. The Balaban J connectivity index is 2.10. The Morgan fingerprint density at radius 2 is 1.83 bits per heavy atom. The number of halogens is 4. The van der Waals surface area contributed by atoms with Crippen LogP contribution in [0.15, 0.2) is 42.7 Å². The first-order valence-electron chi connectivity index (χ1n) is 7.84. The molecule has 3 rings (SSSR count). The van der Waals surface area contributed by atoms with Crippen LogP contribution >= 0.6 is 11.6 Å². The fourth-order valence-electron chi connectivity index (χ4n) is 2.31. The van der Waals surface area contributed by atoms with E-state index in [-0.39, 0.29) is 28.7 Å². The van der Waals surface area contributed by atoms with Crippen molar-refractivity contribution >= 4 is 16.9 Å². The highest BCUT2D eigenvalue weighted by molar-refractivity contribution is 6.64. The van der Waals surface area contributed by atoms with Crippen LogP contribution < -0.4 is 15.0 Å². The molecule has 0 aliphatic heterocycles. The van der Waals surface area contributed by atoms with Gasteiger partial charge in [0.25, 0.3) is 0 Å². The maximum Gasteiger partial charge on any atom is 0.416 e. The van der Waals surface area contributed by atoms with Gasteiger partial charge in [-0.25, -0.2) is 9.97 Å². The number of hydrogen-bond acceptors (Lipinski definition) is 7. The van der Waals surface area contributed by atoms with Gasteiger partial charge in [0.05, 0.1) is 12.7 Å². The highest BCUT2D eigenvalue weighted by Gasteiger charge is 2.31. The van der Waals surface area contributed by atoms with Gasteiger partial charge >= 0.3 is 12.2 Å². The number of nitrogens with zero attached hydrogens (tertiary/aromatic N) is 4. The maximum atomic E-state index is 13.2. The molecule has 150 valence electrons. The van der Waals surface area contributed by atoms with Crippen LogP contribution in [0.3, 0.4) is 0 Å². The summed E-state index contributed by atoms with van der Waals surface area (Å²) < 4.78 is 50.7. The monoisotopic (exact) mass is 424 g/mol. The van der Waals surface area contributed by atoms with Crippen molar-refractivity contribution in [3.63, 3.8) is 0 Å². The summed E-state index contributed by atoms with van der Waals surface area (Å²) in [5.74, 6) is -0.340. The minimum absolute atomic E-state index is 0.0949. The van der Waals surface area contributed by atoms with Crippen LogP contribution in [0.2, 0.25) is 0 Å². The first-order chi connectivity index (χ1) is 13.7. The number of nitrogens with one attached hydrogen (secondary N) is 2. The van der Waals surface area contributed by atoms with Crippen LogP contribution in [0.4, 0.5) is 13.2 Å². The number of rotatable bonds is 4. The van der Waals surface area contributed by atoms with Gasteiger partial charge in [-0.3, -0.25) is 10.8 Å². The predicted molar refractivity (Wildman–Crippen MR) is 96.2 cm³/mol. The zero-order valence-electron chi connectivity index (χ0n) is 14.7. The van der Waals surface area contributed by atoms with Crippen LogP contribution in [0.1, 0.15) is 5.56 Å². The summed E-state index contributed by atoms with van der Waals surface area (Å²) in [4.78, 5) is 7.88. The Hall–Kier alpha value is -3.47. The minimum atomic E-state index is -4.59. The lowest BCUT2D eigenvalue weighted by Crippen LogP contribution is -2.25. The number of hydrogen-bond donors (Lipinski definition) is 2. The lowest BCUT2D eigenvalue weighted by Gasteiger charge is -2.14. The third kappa shape index (κ3) is 4.51. The van der Waals surface area contributed by atoms with E-state index in [1.807, 2.05) is 0 Å². The molecule has 0 fully saturated rings. The van der Waals surface area contributed by atoms with Gasteiger partial charge in [-0.05, 0) is 35.9 Å². The lowest BCUT2D eigenvalue weighted by atomic mass is 10.0. The van der Waals surface area contributed by atoms with Crippen LogP contribution in [-0.4, -0.2) is 32.2 Å². The first kappa shape index (κ1) is 20.3. The van der Waals surface area contributed by atoms with Crippen molar-refractivity contribution in [1.82, 2.24) is 19.7 Å². The molecule has 29 heavy (non-hydrogen) atoms. The van der Waals surface area contributed by atoms with Gasteiger partial charge in [0, 0.05) is 29.6 Å². The SMILES string of the molecule is COc1ncc(-c2ccc(C(F)(F)F)cc2Oc2ccc(=N)n(C(=N)Cl)n2)cn1. The molecule has 0 spiro atoms. The smallest absolute Gasteiger partial charge is 0.416 e. The van der Waals surface area contributed by atoms with Crippen molar-refractivity contribution in [3.8, 4) is 28.8 Å². The predicted octanol–water partition coefficient (Wildman–Crippen LogP) is 3.66. The van der Waals surface area contributed by atoms with Crippen molar-refractivity contribution in [1.29, 1.82) is 10.8 Å². The largest absolute Gasteiger partial charge is 0.467 e. The summed E-state index contributed by atoms with van der Waals surface area (Å²) in [6, 6.07) is 5.54. The van der Waals surface area contributed by atoms with E-state index in [4.69, 9.17) is 31.9 Å². The van der Waals surface area contributed by atoms with E-state index in [0.717, 1.165) is 16.8 Å². The standard InChI is InChI=1S/C17H12ClF3N6O2/c1-28-16-24-7-9(8-25-16)11-3-2-10(17(19,20)21)6-12(11)29-14-5-4-13(22)27(26-14)15(18)23/h2-8,22-23H,1H3. The third-order valence-electron chi connectivity index (χ3n) is 3.64. The molecule has 2 N–H and O–H groups in total. The van der Waals surface area contributed by atoms with Gasteiger partial charge in [-0.1, -0.05) is 0 Å². The first-order valence-corrected chi connectivity index (χ1v) is 8.22. The van der Waals surface area contributed by atoms with Crippen molar-refractivity contribution in [2.24, 2.45) is 0 Å². The fourth-order valence-corrected chi connectivity index (χ4v) is 2.43. The van der Waals surface area contributed by atoms with Gasteiger partial charge in [0.2, 0.25) is 11.2 Å². The Labute approximate surface area is 166 Å². The molecule has 0 radical (unpaired) electrons. The molecule has 0 bridgehead atoms. The number of benzene rings is 1. The topological polar surface area (TPSA) is 110 Å². The molecular weight excluding hydrogens is 413 g/mol. The number of aromatic nitrogens is 4. The zero-order chi connectivity index (χ0) is 21.2. The number of methoxy groups -OCH3 is 1. The Morgan fingerprint density at radius 1 is 1.14 bits per heavy atom. The molecule has 0 aliphatic rings. The second kappa shape index (κ2) is 7.87. The molecule has 1 aromatic carbocycles. The molecule has 8 nitrogen and oxygen atoms in total. The van der Waals surface area contributed by atoms with Crippen molar-refractivity contribution in [3.05, 3.63) is 53.8 Å². The highest BCUT2D eigenvalue weighted by Crippen LogP contribution is 2.38. The van der Waals surface area contributed by atoms with Crippen LogP contribution in [0, 0.1) is 10.8 Å². The average Bonchev–Trinajstić information content (AvgIpc) is 2.68. The Bertz CT molecular complexity index is 1120. The Morgan fingerprint density at radius 3 is 2.41 bits per heavy atom. The van der Waals surface area contributed by atoms with Crippen molar-refractivity contribution in [2.75, 3.05) is 7.11 Å². The molecule has 0 unspecified atom stereocenters. The quantitative estimate of drug-likeness (QED) is 0.490. The molecule has 2 aromatic heterocycles. The van der Waals surface area contributed by atoms with E-state index in [2.05, 4.69) is 15.1 Å². The van der Waals surface area contributed by atoms with Gasteiger partial charge in [-0.2, -0.15) is 17.9 Å². The normalized spacial score (nSPS) is 11.2. The Kier molecular flexibility index (Phi) is 5.50. The van der Waals surface area contributed by atoms with Gasteiger partial charge in [0.15, 0.2) is 0 Å². The number of ether oxygens (including phenoxy) is 2. The summed E-state index contributed by atoms with van der Waals surface area (Å²) in [5.41, 5.74) is -0.486. The van der Waals surface area contributed by atoms with Crippen LogP contribution in [0.5, 0.6) is 17.6 Å². The molecule has 2 heterocycles. The second-order valence-electron chi connectivity index (χ2n) is 5.53. The molecule has 0 saturated heterocycles. The van der Waals surface area contributed by atoms with E-state index in [1.54, 1.807) is 0 Å². The van der Waals surface area contributed by atoms with E-state index >= 15 is 0 Å². The number of alkyl halides is 3. The maximum absolute atomic E-state index is 13.2. The fraction of sp³-hybridized carbons (Fsp3) is 0.118. The van der Waals surface area contributed by atoms with Gasteiger partial charge in [-0.15, -0.1) is 5.10 Å². The van der Waals surface area contributed by atoms with Crippen LogP contribution in [0.25, 0.3) is 11.1 Å². The summed E-state index contributed by atoms with van der Waals surface area (Å²) in [6.07, 6.45) is -1.85. The molecule has 0 amide bonds. The van der Waals surface area contributed by atoms with Crippen molar-refractivity contribution in [2.45, 2.75) is 6.18 Å². The lowest BCUT2D eigenvalue weighted by molar-refractivity contribution is -0.137. The molecule has 3 aromatic rings. The van der Waals surface area contributed by atoms with Gasteiger partial charge in [0.1, 0.15) is 11.2 Å². The molecule has 12 heteroatoms. The summed E-state index contributed by atoms with van der Waals surface area (Å²) in [5, 5.41) is 18.3. The molecule has 0 atom stereocenters. The summed E-state index contributed by atoms with van der Waals surface area (Å²) in [6.45, 7) is 0. The molecule has 0 saturated carbocycles. The molecular formula is C17H12ClF3N6O2. The van der Waals surface area contributed by atoms with E-state index in [0.29, 0.717) is 5.56 Å². The van der Waals surface area contributed by atoms with Gasteiger partial charge < -0.3 is 9.47 Å². The van der Waals surface area contributed by atoms with E-state index in [1.165, 1.54) is 37.7 Å². The van der Waals surface area contributed by atoms with E-state index in [9.17, 15) is 13.2 Å². The van der Waals surface area contributed by atoms with Crippen molar-refractivity contribution < 1.29 is 22.6 Å². The summed E-state index contributed by atoms with van der Waals surface area (Å²) >= 11 is 5.56. The second-order valence-corrected chi connectivity index (χ2v) is 5.89. The van der Waals surface area contributed by atoms with E-state index < -0.39 is 17.0 Å². The third-order valence-corrected chi connectivity index (χ3v) is 3.80. The highest BCUT2D eigenvalue weighted by atomic mass is 35.5. The van der Waals surface area contributed by atoms with Crippen LogP contribution in [-0.2, 0) is 6.18 Å².